The zero-order chi connectivity index (χ0) is 16.6. The van der Waals surface area contributed by atoms with E-state index in [-0.39, 0.29) is 5.91 Å². The van der Waals surface area contributed by atoms with Crippen LogP contribution < -0.4 is 10.6 Å². The van der Waals surface area contributed by atoms with E-state index in [4.69, 9.17) is 0 Å². The Balaban J connectivity index is 1.57. The average molecular weight is 318 g/mol. The van der Waals surface area contributed by atoms with E-state index in [9.17, 15) is 4.79 Å². The van der Waals surface area contributed by atoms with Gasteiger partial charge in [-0.05, 0) is 11.1 Å². The Morgan fingerprint density at radius 2 is 1.46 bits per heavy atom. The highest BCUT2D eigenvalue weighted by Crippen LogP contribution is 2.11. The molecule has 2 N–H and O–H groups in total. The zero-order valence-corrected chi connectivity index (χ0v) is 13.1. The van der Waals surface area contributed by atoms with Crippen LogP contribution >= 0.6 is 0 Å². The van der Waals surface area contributed by atoms with Crippen LogP contribution in [0.3, 0.4) is 0 Å². The largest absolute Gasteiger partial charge is 0.366 e. The summed E-state index contributed by atoms with van der Waals surface area (Å²) in [6, 6.07) is 21.4. The van der Waals surface area contributed by atoms with Crippen LogP contribution in [-0.2, 0) is 17.8 Å². The van der Waals surface area contributed by atoms with Gasteiger partial charge in [0.2, 0.25) is 5.91 Å². The molecule has 0 atom stereocenters. The number of hydrogen-bond acceptors (Lipinski definition) is 4. The summed E-state index contributed by atoms with van der Waals surface area (Å²) in [5.41, 5.74) is 2.12. The summed E-state index contributed by atoms with van der Waals surface area (Å²) in [6.07, 6.45) is 1.75. The van der Waals surface area contributed by atoms with Gasteiger partial charge in [-0.15, -0.1) is 0 Å². The minimum atomic E-state index is -0.103. The second-order valence-electron chi connectivity index (χ2n) is 5.34. The lowest BCUT2D eigenvalue weighted by molar-refractivity contribution is -0.115. The first kappa shape index (κ1) is 15.7. The van der Waals surface area contributed by atoms with Crippen molar-refractivity contribution in [1.29, 1.82) is 0 Å². The number of hydrogen-bond donors (Lipinski definition) is 2. The lowest BCUT2D eigenvalue weighted by atomic mass is 10.1. The molecule has 5 heteroatoms. The fraction of sp³-hybridized carbons (Fsp3) is 0.105. The third kappa shape index (κ3) is 4.64. The highest BCUT2D eigenvalue weighted by atomic mass is 16.1. The van der Waals surface area contributed by atoms with Crippen LogP contribution in [-0.4, -0.2) is 15.9 Å². The molecule has 0 bridgehead atoms. The van der Waals surface area contributed by atoms with E-state index < -0.39 is 0 Å². The molecule has 120 valence electrons. The molecule has 0 saturated carbocycles. The Kier molecular flexibility index (Phi) is 5.14. The van der Waals surface area contributed by atoms with Gasteiger partial charge in [0.05, 0.1) is 6.42 Å². The first-order chi connectivity index (χ1) is 11.8. The first-order valence-corrected chi connectivity index (χ1v) is 7.73. The molecule has 1 aromatic heterocycles. The number of carbonyl (C=O) groups excluding carboxylic acids is 1. The predicted octanol–water partition coefficient (Wildman–Crippen LogP) is 3.27. The maximum absolute atomic E-state index is 12.1. The summed E-state index contributed by atoms with van der Waals surface area (Å²) in [5, 5.41) is 6.02. The van der Waals surface area contributed by atoms with Gasteiger partial charge in [0.15, 0.2) is 0 Å². The number of benzene rings is 2. The first-order valence-electron chi connectivity index (χ1n) is 7.73. The van der Waals surface area contributed by atoms with Gasteiger partial charge in [-0.3, -0.25) is 4.79 Å². The molecule has 0 fully saturated rings. The van der Waals surface area contributed by atoms with Crippen LogP contribution in [0.2, 0.25) is 0 Å². The van der Waals surface area contributed by atoms with E-state index in [1.54, 1.807) is 6.07 Å². The number of anilines is 2. The van der Waals surface area contributed by atoms with Gasteiger partial charge in [0, 0.05) is 12.6 Å². The molecular weight excluding hydrogens is 300 g/mol. The summed E-state index contributed by atoms with van der Waals surface area (Å²) in [5.74, 6) is 1.05. The Morgan fingerprint density at radius 1 is 0.833 bits per heavy atom. The van der Waals surface area contributed by atoms with E-state index in [1.165, 1.54) is 6.33 Å². The summed E-state index contributed by atoms with van der Waals surface area (Å²) in [7, 11) is 0. The van der Waals surface area contributed by atoms with E-state index >= 15 is 0 Å². The topological polar surface area (TPSA) is 66.9 Å². The van der Waals surface area contributed by atoms with Crippen molar-refractivity contribution in [3.63, 3.8) is 0 Å². The van der Waals surface area contributed by atoms with Crippen LogP contribution in [0.25, 0.3) is 0 Å². The number of aromatic nitrogens is 2. The molecule has 24 heavy (non-hydrogen) atoms. The Hall–Kier alpha value is -3.21. The number of nitrogens with zero attached hydrogens (tertiary/aromatic N) is 2. The van der Waals surface area contributed by atoms with Crippen molar-refractivity contribution < 1.29 is 4.79 Å². The lowest BCUT2D eigenvalue weighted by Crippen LogP contribution is -2.15. The van der Waals surface area contributed by atoms with E-state index in [1.807, 2.05) is 60.7 Å². The SMILES string of the molecule is O=C(Cc1ccccc1)Nc1cc(NCc2ccccc2)ncn1. The second-order valence-corrected chi connectivity index (χ2v) is 5.34. The molecule has 1 amide bonds. The van der Waals surface area contributed by atoms with Gasteiger partial charge in [-0.2, -0.15) is 0 Å². The minimum absolute atomic E-state index is 0.103. The molecule has 0 aliphatic carbocycles. The Morgan fingerprint density at radius 3 is 2.17 bits per heavy atom. The molecule has 0 spiro atoms. The third-order valence-corrected chi connectivity index (χ3v) is 3.46. The standard InChI is InChI=1S/C19H18N4O/c24-19(11-15-7-3-1-4-8-15)23-18-12-17(21-14-22-18)20-13-16-9-5-2-6-10-16/h1-10,12,14H,11,13H2,(H2,20,21,22,23,24). The summed E-state index contributed by atoms with van der Waals surface area (Å²) >= 11 is 0. The van der Waals surface area contributed by atoms with Crippen LogP contribution in [0, 0.1) is 0 Å². The van der Waals surface area contributed by atoms with Gasteiger partial charge < -0.3 is 10.6 Å². The van der Waals surface area contributed by atoms with Gasteiger partial charge in [0.1, 0.15) is 18.0 Å². The molecule has 0 unspecified atom stereocenters. The zero-order valence-electron chi connectivity index (χ0n) is 13.1. The fourth-order valence-electron chi connectivity index (χ4n) is 2.28. The molecule has 5 nitrogen and oxygen atoms in total. The summed E-state index contributed by atoms with van der Waals surface area (Å²) in [6.45, 7) is 0.662. The predicted molar refractivity (Wildman–Crippen MR) is 94.6 cm³/mol. The molecule has 3 rings (SSSR count). The summed E-state index contributed by atoms with van der Waals surface area (Å²) < 4.78 is 0. The molecule has 2 aromatic carbocycles. The van der Waals surface area contributed by atoms with E-state index in [0.29, 0.717) is 24.6 Å². The number of amides is 1. The Labute approximate surface area is 140 Å². The lowest BCUT2D eigenvalue weighted by Gasteiger charge is -2.08. The van der Waals surface area contributed by atoms with Crippen LogP contribution in [0.4, 0.5) is 11.6 Å². The molecule has 3 aromatic rings. The number of rotatable bonds is 6. The highest BCUT2D eigenvalue weighted by Gasteiger charge is 2.06. The van der Waals surface area contributed by atoms with Crippen LogP contribution in [0.5, 0.6) is 0 Å². The van der Waals surface area contributed by atoms with Crippen molar-refractivity contribution in [3.05, 3.63) is 84.2 Å². The van der Waals surface area contributed by atoms with Crippen molar-refractivity contribution in [1.82, 2.24) is 9.97 Å². The maximum atomic E-state index is 12.1. The van der Waals surface area contributed by atoms with E-state index in [2.05, 4.69) is 20.6 Å². The van der Waals surface area contributed by atoms with Gasteiger partial charge in [-0.1, -0.05) is 60.7 Å². The van der Waals surface area contributed by atoms with Gasteiger partial charge >= 0.3 is 0 Å². The molecule has 0 aliphatic heterocycles. The van der Waals surface area contributed by atoms with Crippen molar-refractivity contribution >= 4 is 17.5 Å². The minimum Gasteiger partial charge on any atom is -0.366 e. The van der Waals surface area contributed by atoms with Crippen molar-refractivity contribution in [3.8, 4) is 0 Å². The summed E-state index contributed by atoms with van der Waals surface area (Å²) in [4.78, 5) is 20.3. The number of nitrogens with one attached hydrogen (secondary N) is 2. The number of carbonyl (C=O) groups is 1. The van der Waals surface area contributed by atoms with Crippen molar-refractivity contribution in [2.24, 2.45) is 0 Å². The molecule has 0 radical (unpaired) electrons. The smallest absolute Gasteiger partial charge is 0.229 e. The molecular formula is C19H18N4O. The normalized spacial score (nSPS) is 10.2. The van der Waals surface area contributed by atoms with Crippen molar-refractivity contribution in [2.75, 3.05) is 10.6 Å². The fourth-order valence-corrected chi connectivity index (χ4v) is 2.28. The molecule has 0 aliphatic rings. The highest BCUT2D eigenvalue weighted by molar-refractivity contribution is 5.91. The average Bonchev–Trinajstić information content (AvgIpc) is 2.62. The monoisotopic (exact) mass is 318 g/mol. The van der Waals surface area contributed by atoms with E-state index in [0.717, 1.165) is 11.1 Å². The Bertz CT molecular complexity index is 791. The van der Waals surface area contributed by atoms with Gasteiger partial charge in [0.25, 0.3) is 0 Å². The van der Waals surface area contributed by atoms with Crippen molar-refractivity contribution in [2.45, 2.75) is 13.0 Å². The second kappa shape index (κ2) is 7.87. The quantitative estimate of drug-likeness (QED) is 0.732. The molecule has 1 heterocycles. The molecule has 0 saturated heterocycles. The van der Waals surface area contributed by atoms with Crippen LogP contribution in [0.1, 0.15) is 11.1 Å². The third-order valence-electron chi connectivity index (χ3n) is 3.46. The maximum Gasteiger partial charge on any atom is 0.229 e. The van der Waals surface area contributed by atoms with Gasteiger partial charge in [-0.25, -0.2) is 9.97 Å². The van der Waals surface area contributed by atoms with Crippen LogP contribution in [0.15, 0.2) is 73.1 Å².